The van der Waals surface area contributed by atoms with Crippen LogP contribution in [0.15, 0.2) is 0 Å². The van der Waals surface area contributed by atoms with Crippen molar-refractivity contribution in [2.75, 3.05) is 19.8 Å². The Bertz CT molecular complexity index is 745. The monoisotopic (exact) mass is 545 g/mol. The Kier molecular flexibility index (Phi) is 10.5. The Hall–Kier alpha value is -1.13. The molecule has 216 valence electrons. The third-order valence-corrected chi connectivity index (χ3v) is 6.49. The number of hydrogen-bond acceptors (Lipinski definition) is 16. The molecule has 3 aliphatic heterocycles. The van der Waals surface area contributed by atoms with E-state index < -0.39 is 118 Å². The molecule has 3 saturated heterocycles. The molecule has 11 N–H and O–H groups in total. The molecule has 1 amide bonds. The Morgan fingerprint density at radius 1 is 0.649 bits per heavy atom. The van der Waals surface area contributed by atoms with Crippen molar-refractivity contribution in [2.45, 2.75) is 99.0 Å². The first-order valence-electron chi connectivity index (χ1n) is 11.6. The highest BCUT2D eigenvalue weighted by Gasteiger charge is 2.53. The van der Waals surface area contributed by atoms with Gasteiger partial charge in [-0.3, -0.25) is 4.79 Å². The molecule has 0 saturated carbocycles. The highest BCUT2D eigenvalue weighted by molar-refractivity contribution is 5.73. The maximum Gasteiger partial charge on any atom is 0.217 e. The summed E-state index contributed by atoms with van der Waals surface area (Å²) < 4.78 is 27.0. The van der Waals surface area contributed by atoms with Crippen molar-refractivity contribution < 1.29 is 79.5 Å². The summed E-state index contributed by atoms with van der Waals surface area (Å²) in [6, 6.07) is -1.42. The van der Waals surface area contributed by atoms with Gasteiger partial charge in [-0.05, 0) is 0 Å². The number of ether oxygens (including phenoxy) is 5. The Labute approximate surface area is 210 Å². The van der Waals surface area contributed by atoms with Crippen LogP contribution in [0.1, 0.15) is 6.92 Å². The molecule has 17 heteroatoms. The SMILES string of the molecule is CC(=O)NC1C(OC2C(O)C(CO)OC(OC3C(CO)OC(O)C(O)C3O)C2O)OC(CO)C(O)C1O. The number of carbonyl (C=O) groups excluding carboxylic acids is 1. The van der Waals surface area contributed by atoms with Gasteiger partial charge in [-0.15, -0.1) is 0 Å². The maximum atomic E-state index is 11.7. The predicted octanol–water partition coefficient (Wildman–Crippen LogP) is -7.43. The lowest BCUT2D eigenvalue weighted by Gasteiger charge is -2.48. The summed E-state index contributed by atoms with van der Waals surface area (Å²) in [5, 5.41) is 103. The molecule has 15 atom stereocenters. The summed E-state index contributed by atoms with van der Waals surface area (Å²) in [6.45, 7) is -1.25. The minimum Gasteiger partial charge on any atom is -0.394 e. The smallest absolute Gasteiger partial charge is 0.217 e. The average Bonchev–Trinajstić information content (AvgIpc) is 2.86. The molecule has 0 aromatic heterocycles. The number of rotatable bonds is 8. The molecule has 3 heterocycles. The van der Waals surface area contributed by atoms with E-state index in [0.29, 0.717) is 0 Å². The Morgan fingerprint density at radius 2 is 1.19 bits per heavy atom. The summed E-state index contributed by atoms with van der Waals surface area (Å²) in [5.41, 5.74) is 0. The zero-order valence-corrected chi connectivity index (χ0v) is 19.7. The minimum absolute atomic E-state index is 0.652. The fourth-order valence-electron chi connectivity index (χ4n) is 4.46. The highest BCUT2D eigenvalue weighted by Crippen LogP contribution is 2.32. The van der Waals surface area contributed by atoms with Crippen LogP contribution in [0, 0.1) is 0 Å². The Morgan fingerprint density at radius 3 is 1.76 bits per heavy atom. The molecule has 0 radical (unpaired) electrons. The van der Waals surface area contributed by atoms with E-state index in [4.69, 9.17) is 23.7 Å². The molecule has 0 aromatic rings. The lowest BCUT2D eigenvalue weighted by atomic mass is 9.95. The van der Waals surface area contributed by atoms with Crippen LogP contribution in [0.2, 0.25) is 0 Å². The second-order valence-electron chi connectivity index (χ2n) is 9.07. The van der Waals surface area contributed by atoms with Gasteiger partial charge >= 0.3 is 0 Å². The van der Waals surface area contributed by atoms with E-state index in [2.05, 4.69) is 5.32 Å². The van der Waals surface area contributed by atoms with Crippen molar-refractivity contribution >= 4 is 5.91 Å². The van der Waals surface area contributed by atoms with Crippen molar-refractivity contribution in [1.82, 2.24) is 5.32 Å². The summed E-state index contributed by atoms with van der Waals surface area (Å²) in [6.07, 6.45) is -23.4. The first kappa shape index (κ1) is 30.4. The zero-order chi connectivity index (χ0) is 27.6. The lowest BCUT2D eigenvalue weighted by molar-refractivity contribution is -0.373. The van der Waals surface area contributed by atoms with E-state index in [1.54, 1.807) is 0 Å². The predicted molar refractivity (Wildman–Crippen MR) is 113 cm³/mol. The van der Waals surface area contributed by atoms with E-state index in [0.717, 1.165) is 6.92 Å². The first-order valence-corrected chi connectivity index (χ1v) is 11.6. The van der Waals surface area contributed by atoms with Crippen molar-refractivity contribution in [1.29, 1.82) is 0 Å². The summed E-state index contributed by atoms with van der Waals surface area (Å²) >= 11 is 0. The fraction of sp³-hybridized carbons (Fsp3) is 0.950. The van der Waals surface area contributed by atoms with Gasteiger partial charge in [0.2, 0.25) is 5.91 Å². The largest absolute Gasteiger partial charge is 0.394 e. The van der Waals surface area contributed by atoms with E-state index in [9.17, 15) is 55.9 Å². The van der Waals surface area contributed by atoms with Gasteiger partial charge in [0.05, 0.1) is 19.8 Å². The summed E-state index contributed by atoms with van der Waals surface area (Å²) in [5.74, 6) is -0.652. The molecule has 37 heavy (non-hydrogen) atoms. The average molecular weight is 545 g/mol. The molecule has 3 rings (SSSR count). The molecule has 3 aliphatic rings. The minimum atomic E-state index is -1.91. The molecule has 15 unspecified atom stereocenters. The summed E-state index contributed by atoms with van der Waals surface area (Å²) in [7, 11) is 0. The summed E-state index contributed by atoms with van der Waals surface area (Å²) in [4.78, 5) is 11.7. The molecule has 0 aromatic carbocycles. The van der Waals surface area contributed by atoms with Gasteiger partial charge in [-0.1, -0.05) is 0 Å². The number of aliphatic hydroxyl groups excluding tert-OH is 10. The van der Waals surface area contributed by atoms with Crippen LogP contribution in [-0.2, 0) is 28.5 Å². The van der Waals surface area contributed by atoms with Crippen molar-refractivity contribution in [2.24, 2.45) is 0 Å². The van der Waals surface area contributed by atoms with Crippen LogP contribution in [0.3, 0.4) is 0 Å². The van der Waals surface area contributed by atoms with E-state index in [-0.39, 0.29) is 0 Å². The molecule has 0 bridgehead atoms. The van der Waals surface area contributed by atoms with Gasteiger partial charge in [-0.25, -0.2) is 0 Å². The van der Waals surface area contributed by atoms with Crippen LogP contribution in [0.5, 0.6) is 0 Å². The van der Waals surface area contributed by atoms with Crippen molar-refractivity contribution in [3.05, 3.63) is 0 Å². The Balaban J connectivity index is 1.83. The van der Waals surface area contributed by atoms with Crippen LogP contribution >= 0.6 is 0 Å². The van der Waals surface area contributed by atoms with E-state index in [1.165, 1.54) is 0 Å². The lowest BCUT2D eigenvalue weighted by Crippen LogP contribution is -2.68. The maximum absolute atomic E-state index is 11.7. The number of aliphatic hydroxyl groups is 10. The molecule has 17 nitrogen and oxygen atoms in total. The topological polar surface area (TPSA) is 278 Å². The third kappa shape index (κ3) is 6.38. The quantitative estimate of drug-likeness (QED) is 0.135. The zero-order valence-electron chi connectivity index (χ0n) is 19.7. The van der Waals surface area contributed by atoms with E-state index >= 15 is 0 Å². The number of hydrogen-bond donors (Lipinski definition) is 11. The normalized spacial score (nSPS) is 49.0. The molecular formula is C20H35NO16. The molecular weight excluding hydrogens is 510 g/mol. The molecule has 3 fully saturated rings. The van der Waals surface area contributed by atoms with Crippen LogP contribution < -0.4 is 5.32 Å². The van der Waals surface area contributed by atoms with Gasteiger partial charge in [-0.2, -0.15) is 0 Å². The number of carbonyl (C=O) groups is 1. The van der Waals surface area contributed by atoms with Gasteiger partial charge in [0.15, 0.2) is 18.9 Å². The third-order valence-electron chi connectivity index (χ3n) is 6.49. The van der Waals surface area contributed by atoms with E-state index in [1.807, 2.05) is 0 Å². The van der Waals surface area contributed by atoms with Crippen LogP contribution in [-0.4, -0.2) is 169 Å². The van der Waals surface area contributed by atoms with Crippen LogP contribution in [0.25, 0.3) is 0 Å². The second-order valence-corrected chi connectivity index (χ2v) is 9.07. The number of amides is 1. The van der Waals surface area contributed by atoms with Crippen LogP contribution in [0.4, 0.5) is 0 Å². The second kappa shape index (κ2) is 12.8. The number of nitrogens with one attached hydrogen (secondary N) is 1. The van der Waals surface area contributed by atoms with Crippen molar-refractivity contribution in [3.63, 3.8) is 0 Å². The van der Waals surface area contributed by atoms with Gasteiger partial charge in [0.25, 0.3) is 0 Å². The first-order chi connectivity index (χ1) is 17.4. The fourth-order valence-corrected chi connectivity index (χ4v) is 4.46. The molecule has 0 spiro atoms. The highest BCUT2D eigenvalue weighted by atomic mass is 16.7. The van der Waals surface area contributed by atoms with Gasteiger partial charge in [0.1, 0.15) is 73.2 Å². The standard InChI is InChI=1S/C20H35NO16/c1-5(25)21-9-12(28)10(26)6(2-22)34-19(9)37-17-11(27)7(3-23)35-20(15(17)31)36-16-8(4-24)33-18(32)14(30)13(16)29/h6-20,22-24,26-32H,2-4H2,1H3,(H,21,25). The van der Waals surface area contributed by atoms with Gasteiger partial charge in [0, 0.05) is 6.92 Å². The van der Waals surface area contributed by atoms with Gasteiger partial charge < -0.3 is 80.1 Å². The molecule has 0 aliphatic carbocycles. The van der Waals surface area contributed by atoms with Crippen molar-refractivity contribution in [3.8, 4) is 0 Å².